The van der Waals surface area contributed by atoms with Gasteiger partial charge >= 0.3 is 5.97 Å². The number of hydrogen-bond acceptors (Lipinski definition) is 3. The van der Waals surface area contributed by atoms with Gasteiger partial charge in [-0.1, -0.05) is 27.7 Å². The van der Waals surface area contributed by atoms with E-state index in [0.717, 1.165) is 13.1 Å². The van der Waals surface area contributed by atoms with Crippen molar-refractivity contribution in [3.8, 4) is 0 Å². The van der Waals surface area contributed by atoms with E-state index >= 15 is 0 Å². The number of amides is 1. The number of carboxylic acids is 1. The first kappa shape index (κ1) is 18.9. The summed E-state index contributed by atoms with van der Waals surface area (Å²) in [7, 11) is 0. The average Bonchev–Trinajstić information content (AvgIpc) is 2.24. The first-order valence-electron chi connectivity index (χ1n) is 7.37. The molecular formula is C15H30N2O3. The minimum atomic E-state index is -0.897. The second-order valence-electron chi connectivity index (χ2n) is 6.48. The van der Waals surface area contributed by atoms with Crippen LogP contribution in [0.1, 0.15) is 41.5 Å². The van der Waals surface area contributed by atoms with E-state index in [-0.39, 0.29) is 25.0 Å². The van der Waals surface area contributed by atoms with Crippen molar-refractivity contribution in [3.63, 3.8) is 0 Å². The molecule has 0 bridgehead atoms. The molecule has 0 aromatic heterocycles. The molecule has 0 saturated carbocycles. The molecule has 1 N–H and O–H groups in total. The van der Waals surface area contributed by atoms with E-state index in [9.17, 15) is 9.59 Å². The third kappa shape index (κ3) is 8.15. The smallest absolute Gasteiger partial charge is 0.317 e. The average molecular weight is 286 g/mol. The van der Waals surface area contributed by atoms with Crippen molar-refractivity contribution < 1.29 is 14.7 Å². The summed E-state index contributed by atoms with van der Waals surface area (Å²) < 4.78 is 0. The second-order valence-corrected chi connectivity index (χ2v) is 6.48. The molecule has 0 fully saturated rings. The molecule has 0 aliphatic rings. The third-order valence-corrected chi connectivity index (χ3v) is 2.93. The molecule has 0 aromatic rings. The Morgan fingerprint density at radius 3 is 1.65 bits per heavy atom. The summed E-state index contributed by atoms with van der Waals surface area (Å²) in [6, 6.07) is 0.0370. The molecule has 0 heterocycles. The van der Waals surface area contributed by atoms with Crippen LogP contribution in [0.5, 0.6) is 0 Å². The molecule has 118 valence electrons. The van der Waals surface area contributed by atoms with E-state index in [1.807, 2.05) is 18.7 Å². The zero-order chi connectivity index (χ0) is 15.9. The summed E-state index contributed by atoms with van der Waals surface area (Å²) in [6.45, 7) is 13.7. The topological polar surface area (TPSA) is 60.9 Å². The van der Waals surface area contributed by atoms with Gasteiger partial charge in [0, 0.05) is 19.1 Å². The molecule has 0 radical (unpaired) electrons. The quantitative estimate of drug-likeness (QED) is 0.703. The number of aliphatic carboxylic acids is 1. The lowest BCUT2D eigenvalue weighted by Gasteiger charge is -2.30. The minimum absolute atomic E-state index is 0.0161. The van der Waals surface area contributed by atoms with Gasteiger partial charge in [-0.15, -0.1) is 0 Å². The van der Waals surface area contributed by atoms with Crippen LogP contribution in [0, 0.1) is 11.8 Å². The van der Waals surface area contributed by atoms with Crippen LogP contribution in [0.25, 0.3) is 0 Å². The maximum Gasteiger partial charge on any atom is 0.317 e. The molecule has 0 saturated heterocycles. The number of carbonyl (C=O) groups is 2. The van der Waals surface area contributed by atoms with Crippen LogP contribution in [0.2, 0.25) is 0 Å². The number of hydrogen-bond donors (Lipinski definition) is 1. The van der Waals surface area contributed by atoms with Gasteiger partial charge in [-0.05, 0) is 25.7 Å². The van der Waals surface area contributed by atoms with Crippen LogP contribution in [-0.4, -0.2) is 59.0 Å². The standard InChI is InChI=1S/C15H30N2O3/c1-11(2)7-17(8-12(3)4)14(18)9-16(13(5)6)10-15(19)20/h11-13H,7-10H2,1-6H3,(H,19,20). The van der Waals surface area contributed by atoms with Gasteiger partial charge in [-0.3, -0.25) is 14.5 Å². The van der Waals surface area contributed by atoms with Gasteiger partial charge in [-0.25, -0.2) is 0 Å². The lowest BCUT2D eigenvalue weighted by molar-refractivity contribution is -0.140. The van der Waals surface area contributed by atoms with E-state index < -0.39 is 5.97 Å². The Labute approximate surface area is 122 Å². The van der Waals surface area contributed by atoms with E-state index in [0.29, 0.717) is 11.8 Å². The summed E-state index contributed by atoms with van der Waals surface area (Å²) >= 11 is 0. The largest absolute Gasteiger partial charge is 0.480 e. The molecule has 0 spiro atoms. The highest BCUT2D eigenvalue weighted by Crippen LogP contribution is 2.07. The van der Waals surface area contributed by atoms with Crippen molar-refractivity contribution in [1.82, 2.24) is 9.80 Å². The Hall–Kier alpha value is -1.10. The Kier molecular flexibility index (Phi) is 8.46. The maximum absolute atomic E-state index is 12.4. The first-order chi connectivity index (χ1) is 9.13. The lowest BCUT2D eigenvalue weighted by atomic mass is 10.1. The van der Waals surface area contributed by atoms with E-state index in [2.05, 4.69) is 27.7 Å². The summed E-state index contributed by atoms with van der Waals surface area (Å²) in [5.74, 6) is -0.0672. The molecule has 0 rings (SSSR count). The van der Waals surface area contributed by atoms with E-state index in [4.69, 9.17) is 5.11 Å². The number of carboxylic acid groups (broad SMARTS) is 1. The van der Waals surface area contributed by atoms with Crippen molar-refractivity contribution in [2.24, 2.45) is 11.8 Å². The normalized spacial score (nSPS) is 11.7. The molecule has 0 atom stereocenters. The third-order valence-electron chi connectivity index (χ3n) is 2.93. The molecule has 1 amide bonds. The summed E-state index contributed by atoms with van der Waals surface area (Å²) in [6.07, 6.45) is 0. The van der Waals surface area contributed by atoms with Gasteiger partial charge in [0.05, 0.1) is 13.1 Å². The Morgan fingerprint density at radius 1 is 0.900 bits per heavy atom. The molecule has 5 heteroatoms. The zero-order valence-electron chi connectivity index (χ0n) is 13.7. The predicted octanol–water partition coefficient (Wildman–Crippen LogP) is 1.92. The molecule has 0 aromatic carbocycles. The van der Waals surface area contributed by atoms with Gasteiger partial charge in [-0.2, -0.15) is 0 Å². The predicted molar refractivity (Wildman–Crippen MR) is 80.6 cm³/mol. The fraction of sp³-hybridized carbons (Fsp3) is 0.867. The summed E-state index contributed by atoms with van der Waals surface area (Å²) in [5, 5.41) is 8.91. The fourth-order valence-corrected chi connectivity index (χ4v) is 2.03. The zero-order valence-corrected chi connectivity index (χ0v) is 13.7. The van der Waals surface area contributed by atoms with Gasteiger partial charge in [0.2, 0.25) is 5.91 Å². The number of nitrogens with zero attached hydrogens (tertiary/aromatic N) is 2. The highest BCUT2D eigenvalue weighted by Gasteiger charge is 2.22. The number of rotatable bonds is 9. The molecule has 0 unspecified atom stereocenters. The van der Waals surface area contributed by atoms with Crippen molar-refractivity contribution >= 4 is 11.9 Å². The SMILES string of the molecule is CC(C)CN(CC(C)C)C(=O)CN(CC(=O)O)C(C)C. The molecule has 5 nitrogen and oxygen atoms in total. The van der Waals surface area contributed by atoms with Crippen LogP contribution in [0.3, 0.4) is 0 Å². The fourth-order valence-electron chi connectivity index (χ4n) is 2.03. The lowest BCUT2D eigenvalue weighted by Crippen LogP contribution is -2.46. The monoisotopic (exact) mass is 286 g/mol. The Morgan fingerprint density at radius 2 is 1.35 bits per heavy atom. The van der Waals surface area contributed by atoms with Crippen LogP contribution < -0.4 is 0 Å². The molecule has 0 aliphatic heterocycles. The minimum Gasteiger partial charge on any atom is -0.480 e. The van der Waals surface area contributed by atoms with E-state index in [1.165, 1.54) is 0 Å². The van der Waals surface area contributed by atoms with Crippen molar-refractivity contribution in [3.05, 3.63) is 0 Å². The van der Waals surface area contributed by atoms with Gasteiger partial charge < -0.3 is 10.0 Å². The van der Waals surface area contributed by atoms with Gasteiger partial charge in [0.1, 0.15) is 0 Å². The first-order valence-corrected chi connectivity index (χ1v) is 7.37. The highest BCUT2D eigenvalue weighted by atomic mass is 16.4. The van der Waals surface area contributed by atoms with Crippen LogP contribution in [0.4, 0.5) is 0 Å². The summed E-state index contributed by atoms with van der Waals surface area (Å²) in [5.41, 5.74) is 0. The van der Waals surface area contributed by atoms with E-state index in [1.54, 1.807) is 4.90 Å². The maximum atomic E-state index is 12.4. The molecule has 0 aliphatic carbocycles. The molecular weight excluding hydrogens is 256 g/mol. The van der Waals surface area contributed by atoms with Crippen molar-refractivity contribution in [1.29, 1.82) is 0 Å². The summed E-state index contributed by atoms with van der Waals surface area (Å²) in [4.78, 5) is 26.8. The highest BCUT2D eigenvalue weighted by molar-refractivity contribution is 5.79. The van der Waals surface area contributed by atoms with Gasteiger partial charge in [0.25, 0.3) is 0 Å². The van der Waals surface area contributed by atoms with Crippen LogP contribution in [0.15, 0.2) is 0 Å². The number of carbonyl (C=O) groups excluding carboxylic acids is 1. The Balaban J connectivity index is 4.72. The van der Waals surface area contributed by atoms with Crippen molar-refractivity contribution in [2.75, 3.05) is 26.2 Å². The van der Waals surface area contributed by atoms with Crippen LogP contribution in [-0.2, 0) is 9.59 Å². The Bertz CT molecular complexity index is 304. The molecule has 20 heavy (non-hydrogen) atoms. The van der Waals surface area contributed by atoms with Crippen molar-refractivity contribution in [2.45, 2.75) is 47.6 Å². The van der Waals surface area contributed by atoms with Crippen LogP contribution >= 0.6 is 0 Å². The van der Waals surface area contributed by atoms with Gasteiger partial charge in [0.15, 0.2) is 0 Å². The second kappa shape index (κ2) is 8.95.